The van der Waals surface area contributed by atoms with E-state index >= 15 is 0 Å². The van der Waals surface area contributed by atoms with Crippen molar-refractivity contribution in [2.75, 3.05) is 0 Å². The highest BCUT2D eigenvalue weighted by Gasteiger charge is 2.29. The number of nitrogens with one attached hydrogen (secondary N) is 3. The molecule has 7 N–H and O–H groups in total. The molecule has 11 nitrogen and oxygen atoms in total. The minimum Gasteiger partial charge on any atom is -0.481 e. The maximum atomic E-state index is 12.7. The van der Waals surface area contributed by atoms with Gasteiger partial charge in [0.1, 0.15) is 18.1 Å². The smallest absolute Gasteiger partial charge is 0.326 e. The van der Waals surface area contributed by atoms with Crippen molar-refractivity contribution in [2.24, 2.45) is 11.7 Å². The molecular formula is C23H34N4O7. The predicted molar refractivity (Wildman–Crippen MR) is 124 cm³/mol. The fourth-order valence-corrected chi connectivity index (χ4v) is 3.15. The van der Waals surface area contributed by atoms with Gasteiger partial charge in [0.15, 0.2) is 0 Å². The second-order valence-corrected chi connectivity index (χ2v) is 8.55. The summed E-state index contributed by atoms with van der Waals surface area (Å²) < 4.78 is 0. The van der Waals surface area contributed by atoms with E-state index in [4.69, 9.17) is 10.8 Å². The average molecular weight is 479 g/mol. The van der Waals surface area contributed by atoms with E-state index in [1.807, 2.05) is 30.3 Å². The minimum atomic E-state index is -1.30. The summed E-state index contributed by atoms with van der Waals surface area (Å²) in [6.45, 7) is 4.98. The van der Waals surface area contributed by atoms with Gasteiger partial charge in [-0.05, 0) is 37.7 Å². The quantitative estimate of drug-likeness (QED) is 0.216. The van der Waals surface area contributed by atoms with Crippen molar-refractivity contribution in [2.45, 2.75) is 70.6 Å². The van der Waals surface area contributed by atoms with Crippen molar-refractivity contribution in [1.82, 2.24) is 16.0 Å². The van der Waals surface area contributed by atoms with Crippen LogP contribution in [0, 0.1) is 5.92 Å². The van der Waals surface area contributed by atoms with Crippen LogP contribution < -0.4 is 21.7 Å². The van der Waals surface area contributed by atoms with E-state index in [9.17, 15) is 29.1 Å². The Kier molecular flexibility index (Phi) is 11.7. The fraction of sp³-hybridized carbons (Fsp3) is 0.522. The van der Waals surface area contributed by atoms with Gasteiger partial charge in [0.2, 0.25) is 17.7 Å². The molecule has 0 fully saturated rings. The third kappa shape index (κ3) is 10.4. The Balaban J connectivity index is 2.78. The Morgan fingerprint density at radius 2 is 1.44 bits per heavy atom. The number of rotatable bonds is 14. The number of hydrogen-bond donors (Lipinski definition) is 6. The van der Waals surface area contributed by atoms with Gasteiger partial charge in [0.05, 0.1) is 6.04 Å². The highest BCUT2D eigenvalue weighted by Crippen LogP contribution is 2.07. The van der Waals surface area contributed by atoms with E-state index in [1.54, 1.807) is 13.8 Å². The number of hydrogen-bond acceptors (Lipinski definition) is 6. The van der Waals surface area contributed by atoms with E-state index in [1.165, 1.54) is 6.92 Å². The van der Waals surface area contributed by atoms with E-state index in [2.05, 4.69) is 16.0 Å². The number of carboxylic acid groups (broad SMARTS) is 2. The molecule has 11 heteroatoms. The van der Waals surface area contributed by atoms with Crippen molar-refractivity contribution in [3.63, 3.8) is 0 Å². The lowest BCUT2D eigenvalue weighted by Crippen LogP contribution is -2.56. The molecule has 188 valence electrons. The summed E-state index contributed by atoms with van der Waals surface area (Å²) in [5, 5.41) is 25.5. The maximum Gasteiger partial charge on any atom is 0.326 e. The molecule has 0 aliphatic carbocycles. The summed E-state index contributed by atoms with van der Waals surface area (Å²) in [5.41, 5.74) is 6.77. The Morgan fingerprint density at radius 3 is 1.97 bits per heavy atom. The third-order valence-corrected chi connectivity index (χ3v) is 4.99. The van der Waals surface area contributed by atoms with Crippen LogP contribution in [0.1, 0.15) is 45.6 Å². The monoisotopic (exact) mass is 478 g/mol. The lowest BCUT2D eigenvalue weighted by atomic mass is 10.0. The van der Waals surface area contributed by atoms with Crippen LogP contribution >= 0.6 is 0 Å². The standard InChI is InChI=1S/C23H34N4O7/c1-13(2)11-18(23(33)34)27-22(32)17(9-10-19(28)29)26-20(30)14(3)25-21(31)16(24)12-15-7-5-4-6-8-15/h4-8,13-14,16-18H,9-12,24H2,1-3H3,(H,25,31)(H,26,30)(H,27,32)(H,28,29)(H,33,34). The molecule has 0 aromatic heterocycles. The zero-order chi connectivity index (χ0) is 25.8. The van der Waals surface area contributed by atoms with Gasteiger partial charge in [-0.25, -0.2) is 4.79 Å². The number of carboxylic acids is 2. The molecule has 4 unspecified atom stereocenters. The van der Waals surface area contributed by atoms with Gasteiger partial charge in [-0.15, -0.1) is 0 Å². The van der Waals surface area contributed by atoms with Crippen LogP contribution in [0.25, 0.3) is 0 Å². The molecule has 3 amide bonds. The van der Waals surface area contributed by atoms with Crippen LogP contribution in [-0.4, -0.2) is 64.0 Å². The Morgan fingerprint density at radius 1 is 0.853 bits per heavy atom. The van der Waals surface area contributed by atoms with Gasteiger partial charge in [-0.1, -0.05) is 44.2 Å². The van der Waals surface area contributed by atoms with Crippen molar-refractivity contribution < 1.29 is 34.2 Å². The first-order valence-electron chi connectivity index (χ1n) is 11.1. The summed E-state index contributed by atoms with van der Waals surface area (Å²) in [6.07, 6.45) is -0.262. The molecule has 34 heavy (non-hydrogen) atoms. The zero-order valence-electron chi connectivity index (χ0n) is 19.6. The summed E-state index contributed by atoms with van der Waals surface area (Å²) >= 11 is 0. The fourth-order valence-electron chi connectivity index (χ4n) is 3.15. The van der Waals surface area contributed by atoms with Gasteiger partial charge in [-0.3, -0.25) is 19.2 Å². The number of nitrogens with two attached hydrogens (primary N) is 1. The first kappa shape index (κ1) is 28.6. The van der Waals surface area contributed by atoms with Crippen LogP contribution in [0.5, 0.6) is 0 Å². The molecule has 1 aromatic rings. The molecule has 1 aromatic carbocycles. The third-order valence-electron chi connectivity index (χ3n) is 4.99. The molecule has 0 saturated heterocycles. The van der Waals surface area contributed by atoms with Crippen LogP contribution in [0.3, 0.4) is 0 Å². The topological polar surface area (TPSA) is 188 Å². The van der Waals surface area contributed by atoms with Crippen LogP contribution in [0.4, 0.5) is 0 Å². The van der Waals surface area contributed by atoms with E-state index in [0.29, 0.717) is 0 Å². The Labute approximate surface area is 198 Å². The lowest BCUT2D eigenvalue weighted by molar-refractivity contribution is -0.143. The molecule has 0 heterocycles. The zero-order valence-corrected chi connectivity index (χ0v) is 19.6. The van der Waals surface area contributed by atoms with E-state index in [-0.39, 0.29) is 25.2 Å². The van der Waals surface area contributed by atoms with Crippen LogP contribution in [0.15, 0.2) is 30.3 Å². The van der Waals surface area contributed by atoms with E-state index < -0.39 is 60.2 Å². The highest BCUT2D eigenvalue weighted by atomic mass is 16.4. The van der Waals surface area contributed by atoms with E-state index in [0.717, 1.165) is 5.56 Å². The number of benzene rings is 1. The van der Waals surface area contributed by atoms with Gasteiger partial charge in [-0.2, -0.15) is 0 Å². The Hall–Kier alpha value is -3.47. The lowest BCUT2D eigenvalue weighted by Gasteiger charge is -2.24. The highest BCUT2D eigenvalue weighted by molar-refractivity contribution is 5.94. The summed E-state index contributed by atoms with van der Waals surface area (Å²) in [7, 11) is 0. The van der Waals surface area contributed by atoms with Crippen LogP contribution in [0.2, 0.25) is 0 Å². The molecule has 0 aliphatic heterocycles. The minimum absolute atomic E-state index is 0.0243. The first-order chi connectivity index (χ1) is 15.9. The molecular weight excluding hydrogens is 444 g/mol. The largest absolute Gasteiger partial charge is 0.481 e. The second kappa shape index (κ2) is 13.9. The second-order valence-electron chi connectivity index (χ2n) is 8.55. The van der Waals surface area contributed by atoms with Crippen molar-refractivity contribution in [3.05, 3.63) is 35.9 Å². The first-order valence-corrected chi connectivity index (χ1v) is 11.1. The molecule has 0 radical (unpaired) electrons. The normalized spacial score (nSPS) is 14.4. The maximum absolute atomic E-state index is 12.7. The summed E-state index contributed by atoms with van der Waals surface area (Å²) in [6, 6.07) is 4.64. The van der Waals surface area contributed by atoms with Gasteiger partial charge >= 0.3 is 11.9 Å². The molecule has 1 rings (SSSR count). The van der Waals surface area contributed by atoms with Gasteiger partial charge in [0.25, 0.3) is 0 Å². The van der Waals surface area contributed by atoms with Crippen molar-refractivity contribution in [1.29, 1.82) is 0 Å². The number of carbonyl (C=O) groups is 5. The summed E-state index contributed by atoms with van der Waals surface area (Å²) in [4.78, 5) is 60.1. The Bertz CT molecular complexity index is 860. The number of carbonyl (C=O) groups excluding carboxylic acids is 3. The molecule has 0 bridgehead atoms. The average Bonchev–Trinajstić information content (AvgIpc) is 2.75. The molecule has 0 saturated carbocycles. The SMILES string of the molecule is CC(C)CC(NC(=O)C(CCC(=O)O)NC(=O)C(C)NC(=O)C(N)Cc1ccccc1)C(=O)O. The van der Waals surface area contributed by atoms with Crippen LogP contribution in [-0.2, 0) is 30.4 Å². The van der Waals surface area contributed by atoms with Crippen molar-refractivity contribution in [3.8, 4) is 0 Å². The predicted octanol–water partition coefficient (Wildman–Crippen LogP) is 0.0262. The van der Waals surface area contributed by atoms with Gasteiger partial charge in [0, 0.05) is 6.42 Å². The molecule has 0 aliphatic rings. The van der Waals surface area contributed by atoms with Crippen molar-refractivity contribution >= 4 is 29.7 Å². The molecule has 0 spiro atoms. The number of aliphatic carboxylic acids is 2. The number of amides is 3. The summed E-state index contributed by atoms with van der Waals surface area (Å²) in [5.74, 6) is -4.57. The molecule has 4 atom stereocenters. The van der Waals surface area contributed by atoms with Gasteiger partial charge < -0.3 is 31.9 Å².